The number of aliphatic hydroxyl groups excluding tert-OH is 1. The lowest BCUT2D eigenvalue weighted by molar-refractivity contribution is -0.0497. The molecule has 0 aliphatic carbocycles. The summed E-state index contributed by atoms with van der Waals surface area (Å²) in [6.07, 6.45) is 1.24. The number of carbonyl (C=O) groups excluding carboxylic acids is 1. The topological polar surface area (TPSA) is 61.8 Å². The lowest BCUT2D eigenvalue weighted by Gasteiger charge is -2.34. The lowest BCUT2D eigenvalue weighted by atomic mass is 9.94. The van der Waals surface area contributed by atoms with Gasteiger partial charge in [0.25, 0.3) is 0 Å². The molecule has 0 radical (unpaired) electrons. The second kappa shape index (κ2) is 7.79. The van der Waals surface area contributed by atoms with E-state index in [-0.39, 0.29) is 22.7 Å². The number of halogens is 3. The fourth-order valence-corrected chi connectivity index (χ4v) is 2.79. The van der Waals surface area contributed by atoms with E-state index in [0.717, 1.165) is 12.8 Å². The largest absolute Gasteiger partial charge is 0.433 e. The Balaban J connectivity index is 1.98. The Morgan fingerprint density at radius 3 is 2.87 bits per heavy atom. The van der Waals surface area contributed by atoms with Gasteiger partial charge in [-0.2, -0.15) is 8.78 Å². The minimum atomic E-state index is -2.96. The Kier molecular flexibility index (Phi) is 6.01. The van der Waals surface area contributed by atoms with Gasteiger partial charge in [-0.25, -0.2) is 4.79 Å². The highest BCUT2D eigenvalue weighted by Crippen LogP contribution is 2.29. The molecule has 1 aliphatic heterocycles. The molecule has 5 nitrogen and oxygen atoms in total. The maximum absolute atomic E-state index is 12.2. The number of urea groups is 1. The molecule has 2 amide bonds. The molecule has 2 N–H and O–H groups in total. The summed E-state index contributed by atoms with van der Waals surface area (Å²) >= 11 is 5.85. The van der Waals surface area contributed by atoms with Gasteiger partial charge in [-0.1, -0.05) is 11.6 Å². The van der Waals surface area contributed by atoms with E-state index < -0.39 is 12.7 Å². The molecule has 0 spiro atoms. The molecule has 0 bridgehead atoms. The molecule has 1 aromatic rings. The molecule has 23 heavy (non-hydrogen) atoms. The number of carbonyl (C=O) groups is 1. The van der Waals surface area contributed by atoms with Gasteiger partial charge in [0.2, 0.25) is 0 Å². The van der Waals surface area contributed by atoms with Crippen molar-refractivity contribution in [1.82, 2.24) is 4.90 Å². The monoisotopic (exact) mass is 348 g/mol. The number of ether oxygens (including phenoxy) is 1. The van der Waals surface area contributed by atoms with Crippen LogP contribution in [0.3, 0.4) is 0 Å². The molecular formula is C15H19ClF2N2O3. The summed E-state index contributed by atoms with van der Waals surface area (Å²) in [6, 6.07) is 3.76. The number of hydrogen-bond donors (Lipinski definition) is 2. The molecule has 0 saturated carbocycles. The van der Waals surface area contributed by atoms with E-state index in [9.17, 15) is 18.7 Å². The van der Waals surface area contributed by atoms with Crippen LogP contribution in [0.2, 0.25) is 5.02 Å². The van der Waals surface area contributed by atoms with Crippen LogP contribution in [0.5, 0.6) is 5.75 Å². The fourth-order valence-electron chi connectivity index (χ4n) is 2.56. The summed E-state index contributed by atoms with van der Waals surface area (Å²) < 4.78 is 28.6. The predicted molar refractivity (Wildman–Crippen MR) is 83.1 cm³/mol. The average Bonchev–Trinajstić information content (AvgIpc) is 2.49. The first kappa shape index (κ1) is 17.7. The number of likely N-dealkylation sites (tertiary alicyclic amines) is 1. The van der Waals surface area contributed by atoms with Crippen LogP contribution in [0.15, 0.2) is 18.2 Å². The molecule has 1 aromatic carbocycles. The number of anilines is 1. The van der Waals surface area contributed by atoms with Gasteiger partial charge in [-0.3, -0.25) is 0 Å². The second-order valence-corrected chi connectivity index (χ2v) is 5.95. The van der Waals surface area contributed by atoms with Crippen molar-refractivity contribution < 1.29 is 23.4 Å². The number of hydrogen-bond acceptors (Lipinski definition) is 3. The first-order valence-electron chi connectivity index (χ1n) is 7.35. The van der Waals surface area contributed by atoms with Gasteiger partial charge in [0.1, 0.15) is 5.75 Å². The van der Waals surface area contributed by atoms with Crippen molar-refractivity contribution in [1.29, 1.82) is 0 Å². The van der Waals surface area contributed by atoms with Crippen LogP contribution in [-0.2, 0) is 0 Å². The third kappa shape index (κ3) is 4.94. The highest BCUT2D eigenvalue weighted by Gasteiger charge is 2.26. The van der Waals surface area contributed by atoms with Crippen LogP contribution in [0.4, 0.5) is 19.3 Å². The van der Waals surface area contributed by atoms with E-state index in [1.165, 1.54) is 18.2 Å². The third-order valence-electron chi connectivity index (χ3n) is 3.83. The maximum Gasteiger partial charge on any atom is 0.387 e. The predicted octanol–water partition coefficient (Wildman–Crippen LogP) is 3.57. The smallest absolute Gasteiger partial charge is 0.387 e. The number of alkyl halides is 2. The van der Waals surface area contributed by atoms with Crippen LogP contribution in [-0.4, -0.2) is 41.8 Å². The van der Waals surface area contributed by atoms with Crippen LogP contribution in [0, 0.1) is 5.92 Å². The van der Waals surface area contributed by atoms with Crippen molar-refractivity contribution in [3.8, 4) is 5.75 Å². The molecule has 1 aliphatic rings. The Hall–Kier alpha value is -1.60. The highest BCUT2D eigenvalue weighted by atomic mass is 35.5. The fraction of sp³-hybridized carbons (Fsp3) is 0.533. The van der Waals surface area contributed by atoms with Gasteiger partial charge in [0, 0.05) is 24.7 Å². The van der Waals surface area contributed by atoms with Gasteiger partial charge in [0.15, 0.2) is 0 Å². The van der Waals surface area contributed by atoms with Gasteiger partial charge < -0.3 is 20.1 Å². The van der Waals surface area contributed by atoms with Crippen molar-refractivity contribution in [3.63, 3.8) is 0 Å². The maximum atomic E-state index is 12.2. The van der Waals surface area contributed by atoms with Crippen molar-refractivity contribution >= 4 is 23.3 Å². The van der Waals surface area contributed by atoms with Crippen LogP contribution in [0.1, 0.15) is 19.8 Å². The van der Waals surface area contributed by atoms with Crippen molar-refractivity contribution in [2.24, 2.45) is 5.92 Å². The summed E-state index contributed by atoms with van der Waals surface area (Å²) in [5, 5.41) is 12.3. The summed E-state index contributed by atoms with van der Waals surface area (Å²) in [4.78, 5) is 13.9. The zero-order chi connectivity index (χ0) is 17.0. The molecular weight excluding hydrogens is 330 g/mol. The van der Waals surface area contributed by atoms with Gasteiger partial charge in [-0.05, 0) is 38.0 Å². The summed E-state index contributed by atoms with van der Waals surface area (Å²) in [6.45, 7) is -0.161. The molecule has 8 heteroatoms. The van der Waals surface area contributed by atoms with E-state index in [1.54, 1.807) is 11.8 Å². The number of rotatable bonds is 4. The van der Waals surface area contributed by atoms with Crippen molar-refractivity contribution in [2.45, 2.75) is 32.5 Å². The standard InChI is InChI=1S/C15H19ClF2N2O3/c1-9(21)10-3-2-6-20(8-10)15(22)19-11-4-5-13(12(16)7-11)23-14(17)18/h4-5,7,9-10,14,21H,2-3,6,8H2,1H3,(H,19,22). The molecule has 128 valence electrons. The Labute approximate surface area is 138 Å². The SMILES string of the molecule is CC(O)C1CCCN(C(=O)Nc2ccc(OC(F)F)c(Cl)c2)C1. The molecule has 2 atom stereocenters. The highest BCUT2D eigenvalue weighted by molar-refractivity contribution is 6.32. The number of benzene rings is 1. The van der Waals surface area contributed by atoms with E-state index in [0.29, 0.717) is 18.8 Å². The molecule has 2 rings (SSSR count). The minimum absolute atomic E-state index is 0.0106. The number of nitrogens with zero attached hydrogens (tertiary/aromatic N) is 1. The van der Waals surface area contributed by atoms with Gasteiger partial charge >= 0.3 is 12.6 Å². The van der Waals surface area contributed by atoms with Crippen LogP contribution in [0.25, 0.3) is 0 Å². The van der Waals surface area contributed by atoms with Gasteiger partial charge in [-0.15, -0.1) is 0 Å². The quantitative estimate of drug-likeness (QED) is 0.874. The first-order chi connectivity index (χ1) is 10.9. The minimum Gasteiger partial charge on any atom is -0.433 e. The molecule has 2 unspecified atom stereocenters. The van der Waals surface area contributed by atoms with E-state index in [1.807, 2.05) is 0 Å². The first-order valence-corrected chi connectivity index (χ1v) is 7.73. The number of aliphatic hydroxyl groups is 1. The number of piperidine rings is 1. The summed E-state index contributed by atoms with van der Waals surface area (Å²) in [7, 11) is 0. The lowest BCUT2D eigenvalue weighted by Crippen LogP contribution is -2.44. The summed E-state index contributed by atoms with van der Waals surface area (Å²) in [5.41, 5.74) is 0.390. The Morgan fingerprint density at radius 2 is 2.26 bits per heavy atom. The van der Waals surface area contributed by atoms with Gasteiger partial charge in [0.05, 0.1) is 11.1 Å². The molecule has 1 saturated heterocycles. The molecule has 0 aromatic heterocycles. The van der Waals surface area contributed by atoms with Crippen LogP contribution < -0.4 is 10.1 Å². The normalized spacial score (nSPS) is 19.6. The zero-order valence-corrected chi connectivity index (χ0v) is 13.4. The number of nitrogens with one attached hydrogen (secondary N) is 1. The molecule has 1 fully saturated rings. The Morgan fingerprint density at radius 1 is 1.52 bits per heavy atom. The third-order valence-corrected chi connectivity index (χ3v) is 4.12. The average molecular weight is 349 g/mol. The van der Waals surface area contributed by atoms with E-state index in [2.05, 4.69) is 10.1 Å². The van der Waals surface area contributed by atoms with Crippen molar-refractivity contribution in [2.75, 3.05) is 18.4 Å². The summed E-state index contributed by atoms with van der Waals surface area (Å²) in [5.74, 6) is -0.0910. The molecule has 1 heterocycles. The van der Waals surface area contributed by atoms with E-state index in [4.69, 9.17) is 11.6 Å². The zero-order valence-electron chi connectivity index (χ0n) is 12.6. The van der Waals surface area contributed by atoms with Crippen LogP contribution >= 0.6 is 11.6 Å². The number of amides is 2. The van der Waals surface area contributed by atoms with E-state index >= 15 is 0 Å². The second-order valence-electron chi connectivity index (χ2n) is 5.54. The Bertz CT molecular complexity index is 558. The van der Waals surface area contributed by atoms with Crippen molar-refractivity contribution in [3.05, 3.63) is 23.2 Å².